The maximum Gasteiger partial charge on any atom is 0.344 e. The van der Waals surface area contributed by atoms with E-state index in [9.17, 15) is 20.1 Å². The predicted molar refractivity (Wildman–Crippen MR) is 94.1 cm³/mol. The van der Waals surface area contributed by atoms with Crippen LogP contribution in [0.5, 0.6) is 5.75 Å². The summed E-state index contributed by atoms with van der Waals surface area (Å²) in [5, 5.41) is 31.5. The molecule has 0 aliphatic carbocycles. The van der Waals surface area contributed by atoms with E-state index in [-0.39, 0.29) is 13.2 Å². The number of hydrogen-bond acceptors (Lipinski definition) is 8. The summed E-state index contributed by atoms with van der Waals surface area (Å²) in [6.07, 6.45) is -6.44. The van der Waals surface area contributed by atoms with Crippen molar-refractivity contribution in [2.45, 2.75) is 30.7 Å². The van der Waals surface area contributed by atoms with Crippen molar-refractivity contribution in [3.8, 4) is 5.75 Å². The van der Waals surface area contributed by atoms with E-state index in [0.717, 1.165) is 10.8 Å². The summed E-state index contributed by atoms with van der Waals surface area (Å²) in [5.41, 5.74) is 0. The molecule has 0 amide bonds. The van der Waals surface area contributed by atoms with Gasteiger partial charge in [-0.1, -0.05) is 30.3 Å². The molecule has 146 valence electrons. The van der Waals surface area contributed by atoms with Crippen molar-refractivity contribution in [3.63, 3.8) is 0 Å². The molecule has 8 heteroatoms. The molecule has 27 heavy (non-hydrogen) atoms. The average molecular weight is 378 g/mol. The van der Waals surface area contributed by atoms with Crippen molar-refractivity contribution in [2.75, 3.05) is 20.3 Å². The Morgan fingerprint density at radius 3 is 2.52 bits per heavy atom. The first kappa shape index (κ1) is 19.5. The molecule has 2 aromatic rings. The number of hydrogen-bond donors (Lipinski definition) is 3. The number of fused-ring (bicyclic) bond motifs is 1. The highest BCUT2D eigenvalue weighted by molar-refractivity contribution is 5.83. The van der Waals surface area contributed by atoms with Gasteiger partial charge in [0.15, 0.2) is 12.9 Å². The van der Waals surface area contributed by atoms with Gasteiger partial charge < -0.3 is 34.3 Å². The normalized spacial score (nSPS) is 28.1. The predicted octanol–water partition coefficient (Wildman–Crippen LogP) is 0.216. The molecular weight excluding hydrogens is 356 g/mol. The van der Waals surface area contributed by atoms with Crippen LogP contribution >= 0.6 is 0 Å². The lowest BCUT2D eigenvalue weighted by atomic mass is 9.99. The zero-order valence-corrected chi connectivity index (χ0v) is 14.7. The highest BCUT2D eigenvalue weighted by Gasteiger charge is 2.44. The van der Waals surface area contributed by atoms with Crippen LogP contribution in [0.15, 0.2) is 42.5 Å². The van der Waals surface area contributed by atoms with Crippen LogP contribution < -0.4 is 4.74 Å². The average Bonchev–Trinajstić information content (AvgIpc) is 2.70. The molecule has 0 aromatic heterocycles. The molecule has 1 heterocycles. The molecule has 0 saturated carbocycles. The van der Waals surface area contributed by atoms with Gasteiger partial charge in [0, 0.05) is 7.11 Å². The molecule has 2 aromatic carbocycles. The zero-order chi connectivity index (χ0) is 19.4. The van der Waals surface area contributed by atoms with Gasteiger partial charge >= 0.3 is 5.97 Å². The molecule has 8 nitrogen and oxygen atoms in total. The molecule has 3 rings (SSSR count). The van der Waals surface area contributed by atoms with Crippen molar-refractivity contribution in [2.24, 2.45) is 0 Å². The van der Waals surface area contributed by atoms with Gasteiger partial charge in [0.25, 0.3) is 0 Å². The van der Waals surface area contributed by atoms with Gasteiger partial charge in [-0.3, -0.25) is 0 Å². The van der Waals surface area contributed by atoms with E-state index in [1.807, 2.05) is 36.4 Å². The van der Waals surface area contributed by atoms with Gasteiger partial charge in [-0.05, 0) is 22.9 Å². The summed E-state index contributed by atoms with van der Waals surface area (Å²) in [6.45, 7) is -0.634. The van der Waals surface area contributed by atoms with E-state index < -0.39 is 36.7 Å². The van der Waals surface area contributed by atoms with Crippen LogP contribution in [0.2, 0.25) is 0 Å². The molecule has 0 bridgehead atoms. The smallest absolute Gasteiger partial charge is 0.344 e. The fraction of sp³-hybridized carbons (Fsp3) is 0.421. The highest BCUT2D eigenvalue weighted by atomic mass is 16.7. The molecule has 1 saturated heterocycles. The maximum absolute atomic E-state index is 11.9. The second kappa shape index (κ2) is 8.64. The largest absolute Gasteiger partial charge is 0.482 e. The minimum Gasteiger partial charge on any atom is -0.482 e. The minimum absolute atomic E-state index is 0.315. The van der Waals surface area contributed by atoms with Crippen LogP contribution in [0.4, 0.5) is 0 Å². The summed E-state index contributed by atoms with van der Waals surface area (Å²) >= 11 is 0. The number of rotatable bonds is 6. The van der Waals surface area contributed by atoms with Crippen LogP contribution in [-0.2, 0) is 19.0 Å². The topological polar surface area (TPSA) is 115 Å². The van der Waals surface area contributed by atoms with E-state index in [0.29, 0.717) is 5.75 Å². The summed E-state index contributed by atoms with van der Waals surface area (Å²) in [5.74, 6) is -0.133. The Morgan fingerprint density at radius 2 is 1.78 bits per heavy atom. The minimum atomic E-state index is -1.47. The van der Waals surface area contributed by atoms with Crippen molar-refractivity contribution in [1.82, 2.24) is 0 Å². The number of aliphatic hydroxyl groups is 3. The third-order valence-corrected chi connectivity index (χ3v) is 4.39. The number of benzene rings is 2. The number of aliphatic hydroxyl groups excluding tert-OH is 3. The van der Waals surface area contributed by atoms with Crippen molar-refractivity contribution < 1.29 is 39.1 Å². The first-order valence-electron chi connectivity index (χ1n) is 8.49. The Balaban J connectivity index is 1.50. The Morgan fingerprint density at radius 1 is 1.04 bits per heavy atom. The Labute approximate surface area is 155 Å². The molecule has 0 radical (unpaired) electrons. The second-order valence-electron chi connectivity index (χ2n) is 6.23. The monoisotopic (exact) mass is 378 g/mol. The number of methoxy groups -OCH3 is 1. The number of esters is 1. The highest BCUT2D eigenvalue weighted by Crippen LogP contribution is 2.22. The van der Waals surface area contributed by atoms with Gasteiger partial charge in [-0.15, -0.1) is 0 Å². The van der Waals surface area contributed by atoms with Crippen LogP contribution in [0.1, 0.15) is 0 Å². The molecule has 0 unspecified atom stereocenters. The van der Waals surface area contributed by atoms with Gasteiger partial charge in [-0.25, -0.2) is 4.79 Å². The van der Waals surface area contributed by atoms with Crippen molar-refractivity contribution >= 4 is 16.7 Å². The number of carbonyl (C=O) groups excluding carboxylic acids is 1. The van der Waals surface area contributed by atoms with Crippen LogP contribution in [-0.4, -0.2) is 72.3 Å². The van der Waals surface area contributed by atoms with E-state index in [1.165, 1.54) is 7.11 Å². The van der Waals surface area contributed by atoms with Gasteiger partial charge in [0.2, 0.25) is 0 Å². The summed E-state index contributed by atoms with van der Waals surface area (Å²) in [6, 6.07) is 13.2. The van der Waals surface area contributed by atoms with Crippen LogP contribution in [0.25, 0.3) is 10.8 Å². The third kappa shape index (κ3) is 4.55. The second-order valence-corrected chi connectivity index (χ2v) is 6.23. The van der Waals surface area contributed by atoms with Crippen LogP contribution in [0.3, 0.4) is 0 Å². The fourth-order valence-corrected chi connectivity index (χ4v) is 2.87. The maximum atomic E-state index is 11.9. The molecule has 1 aliphatic heterocycles. The lowest BCUT2D eigenvalue weighted by molar-refractivity contribution is -0.295. The lowest BCUT2D eigenvalue weighted by Crippen LogP contribution is -2.59. The van der Waals surface area contributed by atoms with Gasteiger partial charge in [0.05, 0.1) is 0 Å². The summed E-state index contributed by atoms with van der Waals surface area (Å²) < 4.78 is 20.7. The first-order valence-corrected chi connectivity index (χ1v) is 8.49. The zero-order valence-electron chi connectivity index (χ0n) is 14.7. The molecular formula is C19H22O8. The molecule has 0 spiro atoms. The van der Waals surface area contributed by atoms with Gasteiger partial charge in [-0.2, -0.15) is 0 Å². The quantitative estimate of drug-likeness (QED) is 0.612. The summed E-state index contributed by atoms with van der Waals surface area (Å²) in [7, 11) is 1.29. The Hall–Kier alpha value is -2.23. The standard InChI is InChI=1S/C19H22O8/c1-24-19-18(23)17(22)16(21)14(27-19)9-26-15(20)10-25-13-7-6-11-4-2-3-5-12(11)8-13/h2-8,14,16-19,21-23H,9-10H2,1H3/t14-,16-,17+,18+,19+/m1/s1. The van der Waals surface area contributed by atoms with Crippen LogP contribution in [0, 0.1) is 0 Å². The number of carbonyl (C=O) groups is 1. The molecule has 5 atom stereocenters. The lowest BCUT2D eigenvalue weighted by Gasteiger charge is -2.39. The Bertz CT molecular complexity index is 777. The summed E-state index contributed by atoms with van der Waals surface area (Å²) in [4.78, 5) is 11.9. The SMILES string of the molecule is CO[C@H]1O[C@H](COC(=O)COc2ccc3ccccc3c2)[C@@H](O)[C@H](O)[C@@H]1O. The van der Waals surface area contributed by atoms with Crippen molar-refractivity contribution in [1.29, 1.82) is 0 Å². The van der Waals surface area contributed by atoms with Gasteiger partial charge in [0.1, 0.15) is 36.8 Å². The number of ether oxygens (including phenoxy) is 4. The third-order valence-electron chi connectivity index (χ3n) is 4.39. The first-order chi connectivity index (χ1) is 13.0. The van der Waals surface area contributed by atoms with E-state index in [2.05, 4.69) is 0 Å². The molecule has 1 fully saturated rings. The Kier molecular flexibility index (Phi) is 6.25. The van der Waals surface area contributed by atoms with E-state index >= 15 is 0 Å². The van der Waals surface area contributed by atoms with E-state index in [1.54, 1.807) is 6.07 Å². The molecule has 1 aliphatic rings. The van der Waals surface area contributed by atoms with Crippen molar-refractivity contribution in [3.05, 3.63) is 42.5 Å². The fourth-order valence-electron chi connectivity index (χ4n) is 2.87. The van der Waals surface area contributed by atoms with E-state index in [4.69, 9.17) is 18.9 Å². The molecule has 3 N–H and O–H groups in total.